The number of ether oxygens (including phenoxy) is 1. The molecule has 0 bridgehead atoms. The van der Waals surface area contributed by atoms with Crippen molar-refractivity contribution in [2.45, 2.75) is 12.6 Å². The van der Waals surface area contributed by atoms with Gasteiger partial charge in [0.1, 0.15) is 5.82 Å². The van der Waals surface area contributed by atoms with Gasteiger partial charge in [-0.15, -0.1) is 0 Å². The highest BCUT2D eigenvalue weighted by Crippen LogP contribution is 2.29. The summed E-state index contributed by atoms with van der Waals surface area (Å²) in [7, 11) is 1.32. The fourth-order valence-electron chi connectivity index (χ4n) is 1.84. The van der Waals surface area contributed by atoms with Gasteiger partial charge in [0.25, 0.3) is 0 Å². The van der Waals surface area contributed by atoms with Crippen LogP contribution in [0, 0.1) is 5.92 Å². The van der Waals surface area contributed by atoms with E-state index >= 15 is 0 Å². The van der Waals surface area contributed by atoms with Crippen LogP contribution in [-0.2, 0) is 15.7 Å². The average Bonchev–Trinajstić information content (AvgIpc) is 2.32. The highest BCUT2D eigenvalue weighted by atomic mass is 19.4. The van der Waals surface area contributed by atoms with Gasteiger partial charge in [-0.3, -0.25) is 4.79 Å². The van der Waals surface area contributed by atoms with Crippen molar-refractivity contribution in [1.82, 2.24) is 9.97 Å². The molecule has 1 aliphatic rings. The summed E-state index contributed by atoms with van der Waals surface area (Å²) in [6, 6.07) is 0. The van der Waals surface area contributed by atoms with E-state index in [2.05, 4.69) is 14.7 Å². The molecule has 2 heterocycles. The second-order valence-corrected chi connectivity index (χ2v) is 4.31. The van der Waals surface area contributed by atoms with Gasteiger partial charge in [0.05, 0.1) is 25.9 Å². The van der Waals surface area contributed by atoms with E-state index in [4.69, 9.17) is 0 Å². The number of aromatic nitrogens is 2. The highest BCUT2D eigenvalue weighted by molar-refractivity contribution is 5.70. The molecular weight excluding hydrogens is 263 g/mol. The summed E-state index contributed by atoms with van der Waals surface area (Å²) in [6.07, 6.45) is -2.37. The largest absolute Gasteiger partial charge is 0.469 e. The summed E-state index contributed by atoms with van der Waals surface area (Å²) in [6.45, 7) is 1.13. The zero-order valence-electron chi connectivity index (χ0n) is 10.1. The molecule has 1 aliphatic heterocycles. The van der Waals surface area contributed by atoms with E-state index in [0.29, 0.717) is 31.5 Å². The Morgan fingerprint density at radius 1 is 1.42 bits per heavy atom. The summed E-state index contributed by atoms with van der Waals surface area (Å²) in [5.74, 6) is 0.244. The topological polar surface area (TPSA) is 55.3 Å². The van der Waals surface area contributed by atoms with Crippen molar-refractivity contribution < 1.29 is 22.7 Å². The number of nitrogens with zero attached hydrogens (tertiary/aromatic N) is 3. The van der Waals surface area contributed by atoms with Crippen molar-refractivity contribution in [3.05, 3.63) is 18.1 Å². The Morgan fingerprint density at radius 3 is 2.58 bits per heavy atom. The van der Waals surface area contributed by atoms with Gasteiger partial charge in [0.2, 0.25) is 0 Å². The van der Waals surface area contributed by atoms with Crippen molar-refractivity contribution in [2.75, 3.05) is 25.1 Å². The summed E-state index contributed by atoms with van der Waals surface area (Å²) < 4.78 is 41.4. The number of anilines is 1. The lowest BCUT2D eigenvalue weighted by Gasteiger charge is -2.39. The van der Waals surface area contributed by atoms with E-state index in [1.54, 1.807) is 4.90 Å². The predicted octanol–water partition coefficient (Wildman–Crippen LogP) is 1.49. The number of esters is 1. The molecular formula is C11H12F3N3O2. The van der Waals surface area contributed by atoms with Gasteiger partial charge in [0.15, 0.2) is 5.69 Å². The summed E-state index contributed by atoms with van der Waals surface area (Å²) in [5, 5.41) is 0. The maximum Gasteiger partial charge on any atom is 0.434 e. The third kappa shape index (κ3) is 3.12. The molecule has 1 saturated heterocycles. The Labute approximate surface area is 107 Å². The molecule has 0 aliphatic carbocycles. The second-order valence-electron chi connectivity index (χ2n) is 4.31. The van der Waals surface area contributed by atoms with Gasteiger partial charge in [0, 0.05) is 19.0 Å². The van der Waals surface area contributed by atoms with Crippen LogP contribution in [0.15, 0.2) is 12.4 Å². The van der Waals surface area contributed by atoms with E-state index in [1.807, 2.05) is 0 Å². The Balaban J connectivity index is 1.90. The lowest BCUT2D eigenvalue weighted by Crippen LogP contribution is -2.48. The van der Waals surface area contributed by atoms with Crippen LogP contribution in [-0.4, -0.2) is 36.1 Å². The Kier molecular flexibility index (Phi) is 3.59. The van der Waals surface area contributed by atoms with Crippen LogP contribution in [0.25, 0.3) is 0 Å². The lowest BCUT2D eigenvalue weighted by atomic mass is 9.96. The molecule has 19 heavy (non-hydrogen) atoms. The fourth-order valence-corrected chi connectivity index (χ4v) is 1.84. The van der Waals surface area contributed by atoms with Crippen molar-refractivity contribution in [1.29, 1.82) is 0 Å². The number of rotatable bonds is 3. The number of hydrogen-bond donors (Lipinski definition) is 0. The normalized spacial score (nSPS) is 16.1. The van der Waals surface area contributed by atoms with Gasteiger partial charge in [-0.1, -0.05) is 0 Å². The molecule has 1 aromatic rings. The quantitative estimate of drug-likeness (QED) is 0.782. The Bertz CT molecular complexity index is 455. The van der Waals surface area contributed by atoms with Gasteiger partial charge < -0.3 is 9.64 Å². The number of hydrogen-bond acceptors (Lipinski definition) is 5. The maximum atomic E-state index is 12.3. The first-order valence-corrected chi connectivity index (χ1v) is 5.61. The van der Waals surface area contributed by atoms with Crippen LogP contribution >= 0.6 is 0 Å². The molecule has 0 unspecified atom stereocenters. The molecule has 0 amide bonds. The van der Waals surface area contributed by atoms with Crippen LogP contribution in [0.1, 0.15) is 12.1 Å². The van der Waals surface area contributed by atoms with Crippen molar-refractivity contribution in [3.8, 4) is 0 Å². The minimum absolute atomic E-state index is 0.150. The molecule has 0 saturated carbocycles. The number of carbonyl (C=O) groups excluding carboxylic acids is 1. The van der Waals surface area contributed by atoms with E-state index in [1.165, 1.54) is 7.11 Å². The lowest BCUT2D eigenvalue weighted by molar-refractivity contribution is -0.142. The molecule has 2 rings (SSSR count). The number of carbonyl (C=O) groups is 1. The molecule has 0 aromatic carbocycles. The standard InChI is InChI=1S/C11H12F3N3O2/c1-19-10(18)2-7-5-17(6-7)9-4-15-8(3-16-9)11(12,13)14/h3-4,7H,2,5-6H2,1H3. The minimum Gasteiger partial charge on any atom is -0.469 e. The molecule has 104 valence electrons. The van der Waals surface area contributed by atoms with Crippen molar-refractivity contribution >= 4 is 11.8 Å². The monoisotopic (exact) mass is 275 g/mol. The smallest absolute Gasteiger partial charge is 0.434 e. The highest BCUT2D eigenvalue weighted by Gasteiger charge is 2.34. The SMILES string of the molecule is COC(=O)CC1CN(c2cnc(C(F)(F)F)cn2)C1. The van der Waals surface area contributed by atoms with Gasteiger partial charge >= 0.3 is 12.1 Å². The van der Waals surface area contributed by atoms with E-state index in [9.17, 15) is 18.0 Å². The maximum absolute atomic E-state index is 12.3. The molecule has 1 aromatic heterocycles. The number of alkyl halides is 3. The van der Waals surface area contributed by atoms with Gasteiger partial charge in [-0.2, -0.15) is 13.2 Å². The van der Waals surface area contributed by atoms with Crippen LogP contribution in [0.4, 0.5) is 19.0 Å². The van der Waals surface area contributed by atoms with Gasteiger partial charge in [-0.25, -0.2) is 9.97 Å². The molecule has 1 fully saturated rings. The summed E-state index contributed by atoms with van der Waals surface area (Å²) >= 11 is 0. The first-order chi connectivity index (χ1) is 8.90. The van der Waals surface area contributed by atoms with Gasteiger partial charge in [-0.05, 0) is 0 Å². The zero-order chi connectivity index (χ0) is 14.0. The van der Waals surface area contributed by atoms with Crippen LogP contribution in [0.2, 0.25) is 0 Å². The van der Waals surface area contributed by atoms with E-state index < -0.39 is 11.9 Å². The van der Waals surface area contributed by atoms with Crippen LogP contribution in [0.3, 0.4) is 0 Å². The summed E-state index contributed by atoms with van der Waals surface area (Å²) in [4.78, 5) is 19.8. The third-order valence-corrected chi connectivity index (χ3v) is 2.89. The Hall–Kier alpha value is -1.86. The first-order valence-electron chi connectivity index (χ1n) is 5.61. The average molecular weight is 275 g/mol. The Morgan fingerprint density at radius 2 is 2.11 bits per heavy atom. The molecule has 0 radical (unpaired) electrons. The molecule has 0 spiro atoms. The molecule has 0 atom stereocenters. The fraction of sp³-hybridized carbons (Fsp3) is 0.545. The third-order valence-electron chi connectivity index (χ3n) is 2.89. The van der Waals surface area contributed by atoms with Crippen LogP contribution < -0.4 is 4.90 Å². The second kappa shape index (κ2) is 5.02. The van der Waals surface area contributed by atoms with E-state index in [0.717, 1.165) is 6.20 Å². The van der Waals surface area contributed by atoms with E-state index in [-0.39, 0.29) is 11.9 Å². The molecule has 8 heteroatoms. The zero-order valence-corrected chi connectivity index (χ0v) is 10.1. The minimum atomic E-state index is -4.48. The molecule has 0 N–H and O–H groups in total. The molecule has 5 nitrogen and oxygen atoms in total. The number of halogens is 3. The van der Waals surface area contributed by atoms with Crippen molar-refractivity contribution in [2.24, 2.45) is 5.92 Å². The van der Waals surface area contributed by atoms with Crippen molar-refractivity contribution in [3.63, 3.8) is 0 Å². The summed E-state index contributed by atoms with van der Waals surface area (Å²) in [5.41, 5.74) is -1.01. The predicted molar refractivity (Wildman–Crippen MR) is 59.4 cm³/mol. The van der Waals surface area contributed by atoms with Crippen LogP contribution in [0.5, 0.6) is 0 Å². The first kappa shape index (κ1) is 13.6. The number of methoxy groups -OCH3 is 1.